The molecule has 0 saturated heterocycles. The molecule has 0 unspecified atom stereocenters. The molecule has 94 valence electrons. The van der Waals surface area contributed by atoms with E-state index in [0.717, 1.165) is 18.2 Å². The molecule has 0 radical (unpaired) electrons. The van der Waals surface area contributed by atoms with E-state index in [1.54, 1.807) is 0 Å². The Hall–Kier alpha value is -2.98. The Bertz CT molecular complexity index is 628. The van der Waals surface area contributed by atoms with Crippen molar-refractivity contribution in [3.05, 3.63) is 40.8 Å². The lowest BCUT2D eigenvalue weighted by Crippen LogP contribution is -2.05. The van der Waals surface area contributed by atoms with Gasteiger partial charge in [0, 0.05) is 0 Å². The Morgan fingerprint density at radius 3 is 2.21 bits per heavy atom. The first-order chi connectivity index (χ1) is 9.04. The predicted octanol–water partition coefficient (Wildman–Crippen LogP) is 3.00. The second-order valence-electron chi connectivity index (χ2n) is 3.21. The van der Waals surface area contributed by atoms with Crippen LogP contribution in [-0.2, 0) is 0 Å². The molecule has 1 aromatic carbocycles. The molecule has 0 fully saturated rings. The Balaban J connectivity index is 3.33. The van der Waals surface area contributed by atoms with Crippen molar-refractivity contribution in [3.8, 4) is 18.2 Å². The van der Waals surface area contributed by atoms with E-state index in [9.17, 15) is 13.2 Å². The molecule has 7 heteroatoms. The molecule has 0 saturated carbocycles. The topological polar surface area (TPSA) is 83.4 Å². The van der Waals surface area contributed by atoms with Crippen molar-refractivity contribution in [1.29, 1.82) is 15.8 Å². The standard InChI is InChI=1S/C12H5F3N4/c13-8-2-1-3-9(11(8)12(14)15)19-10(6-18)7(4-16)5-17/h1-3,12,19H. The number of alkyl halides is 2. The molecule has 0 spiro atoms. The van der Waals surface area contributed by atoms with E-state index in [1.165, 1.54) is 18.2 Å². The first-order valence-electron chi connectivity index (χ1n) is 4.83. The molecule has 0 heterocycles. The van der Waals surface area contributed by atoms with Gasteiger partial charge >= 0.3 is 0 Å². The first-order valence-corrected chi connectivity index (χ1v) is 4.83. The maximum Gasteiger partial charge on any atom is 0.268 e. The molecule has 1 aromatic rings. The van der Waals surface area contributed by atoms with Gasteiger partial charge in [0.25, 0.3) is 6.43 Å². The lowest BCUT2D eigenvalue weighted by Gasteiger charge is -2.11. The highest BCUT2D eigenvalue weighted by atomic mass is 19.3. The van der Waals surface area contributed by atoms with Gasteiger partial charge in [-0.3, -0.25) is 0 Å². The third kappa shape index (κ3) is 3.02. The molecule has 4 nitrogen and oxygen atoms in total. The van der Waals surface area contributed by atoms with Crippen molar-refractivity contribution in [3.63, 3.8) is 0 Å². The SMILES string of the molecule is N#CC(C#N)=C(C#N)Nc1cccc(F)c1C(F)F. The van der Waals surface area contributed by atoms with E-state index >= 15 is 0 Å². The third-order valence-electron chi connectivity index (χ3n) is 2.12. The van der Waals surface area contributed by atoms with E-state index in [1.807, 2.05) is 0 Å². The first kappa shape index (κ1) is 14.1. The van der Waals surface area contributed by atoms with Crippen molar-refractivity contribution < 1.29 is 13.2 Å². The van der Waals surface area contributed by atoms with Crippen LogP contribution in [0.5, 0.6) is 0 Å². The molecule has 1 rings (SSSR count). The van der Waals surface area contributed by atoms with Gasteiger partial charge in [-0.05, 0) is 12.1 Å². The van der Waals surface area contributed by atoms with Crippen molar-refractivity contribution >= 4 is 5.69 Å². The van der Waals surface area contributed by atoms with Crippen LogP contribution < -0.4 is 5.32 Å². The summed E-state index contributed by atoms with van der Waals surface area (Å²) in [6.07, 6.45) is -3.10. The van der Waals surface area contributed by atoms with Gasteiger partial charge in [0.1, 0.15) is 29.7 Å². The summed E-state index contributed by atoms with van der Waals surface area (Å²) >= 11 is 0. The number of benzene rings is 1. The summed E-state index contributed by atoms with van der Waals surface area (Å²) in [5.74, 6) is -1.15. The number of halogens is 3. The summed E-state index contributed by atoms with van der Waals surface area (Å²) in [6.45, 7) is 0. The van der Waals surface area contributed by atoms with Gasteiger partial charge in [0.05, 0.1) is 11.3 Å². The van der Waals surface area contributed by atoms with Crippen LogP contribution in [0.3, 0.4) is 0 Å². The van der Waals surface area contributed by atoms with Crippen molar-refractivity contribution in [2.45, 2.75) is 6.43 Å². The Labute approximate surface area is 106 Å². The normalized spacial score (nSPS) is 9.11. The quantitative estimate of drug-likeness (QED) is 0.848. The number of allylic oxidation sites excluding steroid dienone is 2. The zero-order chi connectivity index (χ0) is 14.4. The molecule has 19 heavy (non-hydrogen) atoms. The molecule has 1 N–H and O–H groups in total. The maximum absolute atomic E-state index is 13.3. The average molecular weight is 262 g/mol. The Kier molecular flexibility index (Phi) is 4.51. The monoisotopic (exact) mass is 262 g/mol. The average Bonchev–Trinajstić information content (AvgIpc) is 2.38. The van der Waals surface area contributed by atoms with Gasteiger partial charge in [-0.25, -0.2) is 13.2 Å². The number of hydrogen-bond acceptors (Lipinski definition) is 4. The van der Waals surface area contributed by atoms with Crippen LogP contribution in [0.4, 0.5) is 18.9 Å². The van der Waals surface area contributed by atoms with Gasteiger partial charge in [-0.1, -0.05) is 6.07 Å². The van der Waals surface area contributed by atoms with E-state index in [4.69, 9.17) is 15.8 Å². The number of nitrogens with one attached hydrogen (secondary N) is 1. The number of anilines is 1. The molecule has 0 aliphatic carbocycles. The summed E-state index contributed by atoms with van der Waals surface area (Å²) < 4.78 is 38.7. The van der Waals surface area contributed by atoms with E-state index in [2.05, 4.69) is 5.32 Å². The molecular weight excluding hydrogens is 257 g/mol. The maximum atomic E-state index is 13.3. The van der Waals surface area contributed by atoms with E-state index in [0.29, 0.717) is 0 Å². The molecule has 0 amide bonds. The molecular formula is C12H5F3N4. The van der Waals surface area contributed by atoms with Crippen LogP contribution in [0, 0.1) is 39.8 Å². The van der Waals surface area contributed by atoms with Crippen LogP contribution in [0.1, 0.15) is 12.0 Å². The van der Waals surface area contributed by atoms with Crippen LogP contribution in [-0.4, -0.2) is 0 Å². The third-order valence-corrected chi connectivity index (χ3v) is 2.12. The fourth-order valence-electron chi connectivity index (χ4n) is 1.29. The van der Waals surface area contributed by atoms with Gasteiger partial charge in [-0.15, -0.1) is 0 Å². The highest BCUT2D eigenvalue weighted by Gasteiger charge is 2.19. The number of nitrogens with zero attached hydrogens (tertiary/aromatic N) is 3. The van der Waals surface area contributed by atoms with Crippen molar-refractivity contribution in [1.82, 2.24) is 0 Å². The van der Waals surface area contributed by atoms with Gasteiger partial charge < -0.3 is 5.32 Å². The van der Waals surface area contributed by atoms with Crippen LogP contribution in [0.25, 0.3) is 0 Å². The summed E-state index contributed by atoms with van der Waals surface area (Å²) in [5.41, 5.74) is -2.38. The minimum Gasteiger partial charge on any atom is -0.345 e. The largest absolute Gasteiger partial charge is 0.345 e. The highest BCUT2D eigenvalue weighted by molar-refractivity contribution is 5.62. The van der Waals surface area contributed by atoms with Gasteiger partial charge in [0.2, 0.25) is 0 Å². The zero-order valence-corrected chi connectivity index (χ0v) is 9.28. The number of rotatable bonds is 3. The molecule has 0 atom stereocenters. The zero-order valence-electron chi connectivity index (χ0n) is 9.28. The van der Waals surface area contributed by atoms with Gasteiger partial charge in [0.15, 0.2) is 5.57 Å². The highest BCUT2D eigenvalue weighted by Crippen LogP contribution is 2.30. The van der Waals surface area contributed by atoms with Crippen molar-refractivity contribution in [2.24, 2.45) is 0 Å². The fourth-order valence-corrected chi connectivity index (χ4v) is 1.29. The van der Waals surface area contributed by atoms with Gasteiger partial charge in [-0.2, -0.15) is 15.8 Å². The smallest absolute Gasteiger partial charge is 0.268 e. The van der Waals surface area contributed by atoms with Crippen LogP contribution in [0.15, 0.2) is 29.5 Å². The van der Waals surface area contributed by atoms with Crippen LogP contribution in [0.2, 0.25) is 0 Å². The summed E-state index contributed by atoms with van der Waals surface area (Å²) in [5, 5.41) is 28.1. The Morgan fingerprint density at radius 1 is 1.11 bits per heavy atom. The summed E-state index contributed by atoms with van der Waals surface area (Å²) in [4.78, 5) is 0. The Morgan fingerprint density at radius 2 is 1.74 bits per heavy atom. The summed E-state index contributed by atoms with van der Waals surface area (Å²) in [6, 6.07) is 7.50. The van der Waals surface area contributed by atoms with Crippen LogP contribution >= 0.6 is 0 Å². The molecule has 0 bridgehead atoms. The molecule has 0 aliphatic heterocycles. The van der Waals surface area contributed by atoms with E-state index in [-0.39, 0.29) is 5.69 Å². The number of nitriles is 3. The molecule has 0 aromatic heterocycles. The second-order valence-corrected chi connectivity index (χ2v) is 3.21. The lowest BCUT2D eigenvalue weighted by molar-refractivity contribution is 0.147. The second kappa shape index (κ2) is 6.09. The number of hydrogen-bond donors (Lipinski definition) is 1. The van der Waals surface area contributed by atoms with E-state index < -0.39 is 29.1 Å². The minimum atomic E-state index is -3.10. The molecule has 0 aliphatic rings. The lowest BCUT2D eigenvalue weighted by atomic mass is 10.1. The van der Waals surface area contributed by atoms with Crippen molar-refractivity contribution in [2.75, 3.05) is 5.32 Å². The fraction of sp³-hybridized carbons (Fsp3) is 0.0833. The minimum absolute atomic E-state index is 0.366. The summed E-state index contributed by atoms with van der Waals surface area (Å²) in [7, 11) is 0. The predicted molar refractivity (Wildman–Crippen MR) is 58.8 cm³/mol.